The third kappa shape index (κ3) is 6.05. The van der Waals surface area contributed by atoms with Crippen LogP contribution in [0.15, 0.2) is 30.3 Å². The number of hydrogen-bond donors (Lipinski definition) is 1. The highest BCUT2D eigenvalue weighted by atomic mass is 32.2. The Morgan fingerprint density at radius 2 is 1.85 bits per heavy atom. The number of ketones is 1. The minimum atomic E-state index is -3.22. The number of Topliss-reactive ketones (excluding diaryl/α,β-unsaturated/α-hetero) is 1. The number of sulfonamides is 1. The molecule has 1 aromatic heterocycles. The van der Waals surface area contributed by atoms with E-state index >= 15 is 0 Å². The van der Waals surface area contributed by atoms with Gasteiger partial charge in [-0.25, -0.2) is 17.9 Å². The molecule has 1 N–H and O–H groups in total. The van der Waals surface area contributed by atoms with Crippen molar-refractivity contribution in [2.24, 2.45) is 0 Å². The summed E-state index contributed by atoms with van der Waals surface area (Å²) >= 11 is 1.27. The van der Waals surface area contributed by atoms with E-state index in [9.17, 15) is 18.0 Å². The van der Waals surface area contributed by atoms with E-state index in [0.717, 1.165) is 22.3 Å². The maximum Gasteiger partial charge on any atom is 0.338 e. The average molecular weight is 396 g/mol. The van der Waals surface area contributed by atoms with Gasteiger partial charge >= 0.3 is 5.97 Å². The summed E-state index contributed by atoms with van der Waals surface area (Å²) in [6.07, 6.45) is 1.59. The average Bonchev–Trinajstić information content (AvgIpc) is 3.02. The molecule has 0 unspecified atom stereocenters. The Morgan fingerprint density at radius 1 is 1.12 bits per heavy atom. The van der Waals surface area contributed by atoms with Crippen molar-refractivity contribution in [2.45, 2.75) is 20.3 Å². The van der Waals surface area contributed by atoms with E-state index in [4.69, 9.17) is 4.74 Å². The van der Waals surface area contributed by atoms with Crippen LogP contribution in [0.4, 0.5) is 0 Å². The van der Waals surface area contributed by atoms with E-state index in [1.165, 1.54) is 11.3 Å². The zero-order valence-corrected chi connectivity index (χ0v) is 16.5. The first-order valence-corrected chi connectivity index (χ1v) is 10.7. The molecule has 0 aliphatic heterocycles. The zero-order chi connectivity index (χ0) is 19.3. The molecule has 2 aromatic rings. The molecule has 1 aromatic carbocycles. The molecule has 0 bridgehead atoms. The first-order chi connectivity index (χ1) is 12.2. The smallest absolute Gasteiger partial charge is 0.338 e. The molecular weight excluding hydrogens is 374 g/mol. The lowest BCUT2D eigenvalue weighted by molar-refractivity contribution is 0.0475. The number of benzene rings is 1. The van der Waals surface area contributed by atoms with E-state index in [-0.39, 0.29) is 18.9 Å². The largest absolute Gasteiger partial charge is 0.454 e. The molecule has 140 valence electrons. The van der Waals surface area contributed by atoms with Crippen LogP contribution < -0.4 is 4.72 Å². The van der Waals surface area contributed by atoms with Crippen molar-refractivity contribution in [3.63, 3.8) is 0 Å². The van der Waals surface area contributed by atoms with Gasteiger partial charge in [-0.05, 0) is 55.7 Å². The van der Waals surface area contributed by atoms with Crippen LogP contribution in [-0.4, -0.2) is 39.6 Å². The Morgan fingerprint density at radius 3 is 2.50 bits per heavy atom. The molecule has 0 saturated heterocycles. The molecule has 0 amide bonds. The predicted octanol–water partition coefficient (Wildman–Crippen LogP) is 2.50. The molecule has 0 fully saturated rings. The first kappa shape index (κ1) is 20.3. The molecule has 0 spiro atoms. The van der Waals surface area contributed by atoms with E-state index in [0.29, 0.717) is 16.9 Å². The summed E-state index contributed by atoms with van der Waals surface area (Å²) in [4.78, 5) is 25.6. The van der Waals surface area contributed by atoms with Gasteiger partial charge in [-0.15, -0.1) is 11.3 Å². The van der Waals surface area contributed by atoms with Crippen molar-refractivity contribution in [3.05, 3.63) is 56.8 Å². The Hall–Kier alpha value is -2.03. The fourth-order valence-electron chi connectivity index (χ4n) is 2.18. The number of carbonyl (C=O) groups is 2. The zero-order valence-electron chi connectivity index (χ0n) is 14.9. The minimum absolute atomic E-state index is 0.273. The van der Waals surface area contributed by atoms with Gasteiger partial charge in [0.25, 0.3) is 0 Å². The first-order valence-electron chi connectivity index (χ1n) is 7.96. The molecule has 0 atom stereocenters. The Balaban J connectivity index is 1.87. The number of carbonyl (C=O) groups excluding carboxylic acids is 2. The normalized spacial score (nSPS) is 11.3. The highest BCUT2D eigenvalue weighted by Gasteiger charge is 2.14. The van der Waals surface area contributed by atoms with Gasteiger partial charge in [-0.3, -0.25) is 4.79 Å². The molecule has 26 heavy (non-hydrogen) atoms. The number of aryl methyl sites for hydroxylation is 2. The van der Waals surface area contributed by atoms with Crippen molar-refractivity contribution >= 4 is 33.1 Å². The summed E-state index contributed by atoms with van der Waals surface area (Å²) in [5.41, 5.74) is 2.48. The fourth-order valence-corrected chi connectivity index (χ4v) is 3.58. The monoisotopic (exact) mass is 395 g/mol. The second-order valence-electron chi connectivity index (χ2n) is 5.98. The van der Waals surface area contributed by atoms with Gasteiger partial charge in [0, 0.05) is 11.4 Å². The van der Waals surface area contributed by atoms with Gasteiger partial charge in [0.05, 0.1) is 16.7 Å². The van der Waals surface area contributed by atoms with Gasteiger partial charge in [-0.1, -0.05) is 6.07 Å². The van der Waals surface area contributed by atoms with Crippen molar-refractivity contribution in [2.75, 3.05) is 19.4 Å². The maximum absolute atomic E-state index is 12.2. The van der Waals surface area contributed by atoms with Crippen LogP contribution in [0.5, 0.6) is 0 Å². The second kappa shape index (κ2) is 8.57. The van der Waals surface area contributed by atoms with Gasteiger partial charge in [-0.2, -0.15) is 0 Å². The SMILES string of the molecule is Cc1ccc(C(=O)OCC(=O)c2ccc(CCNS(C)(=O)=O)s2)cc1C. The minimum Gasteiger partial charge on any atom is -0.454 e. The van der Waals surface area contributed by atoms with Gasteiger partial charge in [0.2, 0.25) is 15.8 Å². The number of ether oxygens (including phenoxy) is 1. The third-order valence-electron chi connectivity index (χ3n) is 3.75. The number of rotatable bonds is 8. The molecule has 2 rings (SSSR count). The van der Waals surface area contributed by atoms with Crippen LogP contribution in [0.25, 0.3) is 0 Å². The van der Waals surface area contributed by atoms with Crippen molar-refractivity contribution in [1.29, 1.82) is 0 Å². The van der Waals surface area contributed by atoms with Gasteiger partial charge < -0.3 is 4.74 Å². The molecule has 8 heteroatoms. The van der Waals surface area contributed by atoms with Crippen molar-refractivity contribution in [3.8, 4) is 0 Å². The number of thiophene rings is 1. The second-order valence-corrected chi connectivity index (χ2v) is 8.98. The lowest BCUT2D eigenvalue weighted by atomic mass is 10.1. The molecule has 0 aliphatic rings. The Bertz CT molecular complexity index is 915. The highest BCUT2D eigenvalue weighted by Crippen LogP contribution is 2.18. The number of esters is 1. The summed E-state index contributed by atoms with van der Waals surface area (Å²) in [5, 5.41) is 0. The summed E-state index contributed by atoms with van der Waals surface area (Å²) in [6, 6.07) is 8.68. The molecule has 0 radical (unpaired) electrons. The van der Waals surface area contributed by atoms with Crippen LogP contribution >= 0.6 is 11.3 Å². The van der Waals surface area contributed by atoms with Gasteiger partial charge in [0.15, 0.2) is 6.61 Å². The molecular formula is C18H21NO5S2. The quantitative estimate of drug-likeness (QED) is 0.548. The van der Waals surface area contributed by atoms with E-state index in [1.54, 1.807) is 24.3 Å². The third-order valence-corrected chi connectivity index (χ3v) is 5.66. The van der Waals surface area contributed by atoms with E-state index < -0.39 is 16.0 Å². The lowest BCUT2D eigenvalue weighted by Gasteiger charge is -2.05. The van der Waals surface area contributed by atoms with Crippen LogP contribution in [0.1, 0.15) is 36.0 Å². The van der Waals surface area contributed by atoms with Crippen LogP contribution in [0.2, 0.25) is 0 Å². The van der Waals surface area contributed by atoms with Gasteiger partial charge in [0.1, 0.15) is 0 Å². The number of nitrogens with one attached hydrogen (secondary N) is 1. The highest BCUT2D eigenvalue weighted by molar-refractivity contribution is 7.88. The molecule has 1 heterocycles. The summed E-state index contributed by atoms with van der Waals surface area (Å²) < 4.78 is 29.6. The van der Waals surface area contributed by atoms with E-state index in [1.807, 2.05) is 19.9 Å². The summed E-state index contributed by atoms with van der Waals surface area (Å²) in [7, 11) is -3.22. The lowest BCUT2D eigenvalue weighted by Crippen LogP contribution is -2.24. The predicted molar refractivity (Wildman–Crippen MR) is 101 cm³/mol. The Kier molecular flexibility index (Phi) is 6.69. The van der Waals surface area contributed by atoms with Crippen LogP contribution in [0, 0.1) is 13.8 Å². The Labute approximate surface area is 157 Å². The van der Waals surface area contributed by atoms with Crippen molar-refractivity contribution in [1.82, 2.24) is 4.72 Å². The van der Waals surface area contributed by atoms with E-state index in [2.05, 4.69) is 4.72 Å². The number of hydrogen-bond acceptors (Lipinski definition) is 6. The standard InChI is InChI=1S/C18H21NO5S2/c1-12-4-5-14(10-13(12)2)18(21)24-11-16(20)17-7-6-15(25-17)8-9-19-26(3,22)23/h4-7,10,19H,8-9,11H2,1-3H3. The van der Waals surface area contributed by atoms with Crippen molar-refractivity contribution < 1.29 is 22.7 Å². The molecule has 0 aliphatic carbocycles. The summed E-state index contributed by atoms with van der Waals surface area (Å²) in [6.45, 7) is 3.80. The topological polar surface area (TPSA) is 89.5 Å². The molecule has 6 nitrogen and oxygen atoms in total. The fraction of sp³-hybridized carbons (Fsp3) is 0.333. The summed E-state index contributed by atoms with van der Waals surface area (Å²) in [5.74, 6) is -0.815. The molecule has 0 saturated carbocycles. The maximum atomic E-state index is 12.2. The van der Waals surface area contributed by atoms with Crippen LogP contribution in [0.3, 0.4) is 0 Å². The van der Waals surface area contributed by atoms with Crippen LogP contribution in [-0.2, 0) is 21.2 Å².